The lowest BCUT2D eigenvalue weighted by Gasteiger charge is -2.14. The third-order valence-electron chi connectivity index (χ3n) is 5.84. The number of hydrogen-bond donors (Lipinski definition) is 0. The van der Waals surface area contributed by atoms with Gasteiger partial charge in [0.2, 0.25) is 0 Å². The van der Waals surface area contributed by atoms with Gasteiger partial charge in [-0.2, -0.15) is 0 Å². The van der Waals surface area contributed by atoms with Gasteiger partial charge < -0.3 is 9.47 Å². The molecule has 0 bridgehead atoms. The van der Waals surface area contributed by atoms with Gasteiger partial charge in [-0.3, -0.25) is 9.69 Å². The molecule has 4 nitrogen and oxygen atoms in total. The van der Waals surface area contributed by atoms with Gasteiger partial charge in [0.25, 0.3) is 5.91 Å². The summed E-state index contributed by atoms with van der Waals surface area (Å²) in [7, 11) is 1.63. The number of halogens is 1. The van der Waals surface area contributed by atoms with E-state index in [2.05, 4.69) is 46.3 Å². The van der Waals surface area contributed by atoms with Crippen LogP contribution >= 0.6 is 39.9 Å². The van der Waals surface area contributed by atoms with Crippen LogP contribution in [0.3, 0.4) is 0 Å². The van der Waals surface area contributed by atoms with Crippen molar-refractivity contribution in [3.63, 3.8) is 0 Å². The summed E-state index contributed by atoms with van der Waals surface area (Å²) in [5.74, 6) is 1.43. The molecule has 0 radical (unpaired) electrons. The lowest BCUT2D eigenvalue weighted by atomic mass is 10.1. The molecule has 0 aliphatic carbocycles. The van der Waals surface area contributed by atoms with Crippen LogP contribution in [0.15, 0.2) is 94.3 Å². The summed E-state index contributed by atoms with van der Waals surface area (Å²) in [5.41, 5.74) is 2.99. The minimum atomic E-state index is -0.0893. The average Bonchev–Trinajstić information content (AvgIpc) is 3.15. The first-order valence-corrected chi connectivity index (χ1v) is 13.3. The molecule has 1 amide bonds. The monoisotopic (exact) mass is 575 g/mol. The van der Waals surface area contributed by atoms with Crippen molar-refractivity contribution < 1.29 is 14.3 Å². The normalized spacial score (nSPS) is 14.6. The predicted octanol–water partition coefficient (Wildman–Crippen LogP) is 7.59. The van der Waals surface area contributed by atoms with Gasteiger partial charge in [-0.1, -0.05) is 78.6 Å². The van der Waals surface area contributed by atoms with Crippen LogP contribution in [-0.2, 0) is 17.9 Å². The summed E-state index contributed by atoms with van der Waals surface area (Å²) in [4.78, 5) is 15.3. The highest BCUT2D eigenvalue weighted by atomic mass is 79.9. The van der Waals surface area contributed by atoms with Gasteiger partial charge in [0.15, 0.2) is 0 Å². The number of thiocarbonyl (C=S) groups is 1. The van der Waals surface area contributed by atoms with Gasteiger partial charge in [-0.15, -0.1) is 0 Å². The van der Waals surface area contributed by atoms with Crippen LogP contribution < -0.4 is 9.47 Å². The fourth-order valence-corrected chi connectivity index (χ4v) is 5.68. The van der Waals surface area contributed by atoms with E-state index in [0.717, 1.165) is 32.7 Å². The lowest BCUT2D eigenvalue weighted by molar-refractivity contribution is -0.122. The summed E-state index contributed by atoms with van der Waals surface area (Å²) in [6, 6.07) is 28.0. The molecule has 4 aromatic rings. The largest absolute Gasteiger partial charge is 0.497 e. The Hall–Kier alpha value is -3.13. The fraction of sp³-hybridized carbons (Fsp3) is 0.103. The Morgan fingerprint density at radius 3 is 2.44 bits per heavy atom. The van der Waals surface area contributed by atoms with E-state index in [1.54, 1.807) is 12.0 Å². The van der Waals surface area contributed by atoms with Crippen LogP contribution in [0.5, 0.6) is 11.5 Å². The molecular weight excluding hydrogens is 554 g/mol. The number of fused-ring (bicyclic) bond motifs is 1. The zero-order chi connectivity index (χ0) is 25.1. The highest BCUT2D eigenvalue weighted by molar-refractivity contribution is 9.10. The van der Waals surface area contributed by atoms with E-state index in [4.69, 9.17) is 21.7 Å². The maximum atomic E-state index is 13.0. The molecule has 0 N–H and O–H groups in total. The molecule has 1 fully saturated rings. The second kappa shape index (κ2) is 10.9. The first-order valence-electron chi connectivity index (χ1n) is 11.3. The molecule has 1 aliphatic rings. The summed E-state index contributed by atoms with van der Waals surface area (Å²) >= 11 is 10.4. The topological polar surface area (TPSA) is 38.8 Å². The van der Waals surface area contributed by atoms with Crippen LogP contribution in [0.25, 0.3) is 16.8 Å². The number of amides is 1. The fourth-order valence-electron chi connectivity index (χ4n) is 3.91. The van der Waals surface area contributed by atoms with Crippen molar-refractivity contribution in [3.8, 4) is 11.5 Å². The Morgan fingerprint density at radius 1 is 0.944 bits per heavy atom. The molecule has 180 valence electrons. The number of carbonyl (C=O) groups is 1. The summed E-state index contributed by atoms with van der Waals surface area (Å²) in [6.45, 7) is 0.893. The minimum absolute atomic E-state index is 0.0893. The van der Waals surface area contributed by atoms with E-state index in [-0.39, 0.29) is 5.91 Å². The summed E-state index contributed by atoms with van der Waals surface area (Å²) in [5, 5.41) is 2.40. The Labute approximate surface area is 228 Å². The van der Waals surface area contributed by atoms with Crippen LogP contribution in [0.1, 0.15) is 16.7 Å². The van der Waals surface area contributed by atoms with Gasteiger partial charge >= 0.3 is 0 Å². The third kappa shape index (κ3) is 5.48. The van der Waals surface area contributed by atoms with Crippen molar-refractivity contribution in [1.29, 1.82) is 0 Å². The number of hydrogen-bond acceptors (Lipinski definition) is 5. The number of nitrogens with zero attached hydrogens (tertiary/aromatic N) is 1. The number of thioether (sulfide) groups is 1. The highest BCUT2D eigenvalue weighted by Gasteiger charge is 2.32. The maximum Gasteiger partial charge on any atom is 0.266 e. The van der Waals surface area contributed by atoms with Crippen LogP contribution in [0.2, 0.25) is 0 Å². The standard InChI is InChI=1S/C29H22BrNO3S2/c1-33-24-11-7-19(8-12-24)17-31-28(32)27(36-29(31)35)16-20-9-13-26(25(30)15-20)34-18-21-6-10-22-4-2-3-5-23(22)14-21/h2-16H,17-18H2,1H3/b27-16-. The second-order valence-corrected chi connectivity index (χ2v) is 10.8. The lowest BCUT2D eigenvalue weighted by Crippen LogP contribution is -2.27. The average molecular weight is 577 g/mol. The van der Waals surface area contributed by atoms with E-state index in [0.29, 0.717) is 22.4 Å². The van der Waals surface area contributed by atoms with Gasteiger partial charge in [0.05, 0.1) is 23.0 Å². The van der Waals surface area contributed by atoms with Crippen molar-refractivity contribution in [1.82, 2.24) is 4.90 Å². The van der Waals surface area contributed by atoms with E-state index >= 15 is 0 Å². The van der Waals surface area contributed by atoms with E-state index in [1.807, 2.05) is 60.7 Å². The molecule has 0 saturated carbocycles. The maximum absolute atomic E-state index is 13.0. The minimum Gasteiger partial charge on any atom is -0.497 e. The third-order valence-corrected chi connectivity index (χ3v) is 7.83. The summed E-state index contributed by atoms with van der Waals surface area (Å²) < 4.78 is 12.6. The van der Waals surface area contributed by atoms with E-state index < -0.39 is 0 Å². The van der Waals surface area contributed by atoms with Crippen LogP contribution in [-0.4, -0.2) is 22.2 Å². The molecule has 0 spiro atoms. The van der Waals surface area contributed by atoms with Crippen molar-refractivity contribution in [2.45, 2.75) is 13.2 Å². The van der Waals surface area contributed by atoms with Crippen LogP contribution in [0, 0.1) is 0 Å². The first kappa shape index (κ1) is 24.6. The molecule has 7 heteroatoms. The number of methoxy groups -OCH3 is 1. The quantitative estimate of drug-likeness (QED) is 0.167. The number of carbonyl (C=O) groups excluding carboxylic acids is 1. The zero-order valence-corrected chi connectivity index (χ0v) is 22.7. The predicted molar refractivity (Wildman–Crippen MR) is 154 cm³/mol. The van der Waals surface area contributed by atoms with Gasteiger partial charge in [0, 0.05) is 0 Å². The molecule has 1 saturated heterocycles. The Morgan fingerprint density at radius 2 is 1.69 bits per heavy atom. The van der Waals surface area contributed by atoms with Crippen molar-refractivity contribution >= 4 is 67.0 Å². The molecule has 0 aromatic heterocycles. The molecule has 0 atom stereocenters. The molecule has 0 unspecified atom stereocenters. The summed E-state index contributed by atoms with van der Waals surface area (Å²) in [6.07, 6.45) is 1.87. The van der Waals surface area contributed by atoms with E-state index in [9.17, 15) is 4.79 Å². The van der Waals surface area contributed by atoms with Gasteiger partial charge in [-0.25, -0.2) is 0 Å². The van der Waals surface area contributed by atoms with Gasteiger partial charge in [0.1, 0.15) is 22.4 Å². The SMILES string of the molecule is COc1ccc(CN2C(=O)/C(=C/c3ccc(OCc4ccc5ccccc5c4)c(Br)c3)SC2=S)cc1. The number of rotatable bonds is 7. The number of ether oxygens (including phenoxy) is 2. The Balaban J connectivity index is 1.26. The van der Waals surface area contributed by atoms with Crippen molar-refractivity contribution in [2.75, 3.05) is 7.11 Å². The zero-order valence-electron chi connectivity index (χ0n) is 19.4. The smallest absolute Gasteiger partial charge is 0.266 e. The van der Waals surface area contributed by atoms with Crippen LogP contribution in [0.4, 0.5) is 0 Å². The first-order chi connectivity index (χ1) is 17.5. The number of benzene rings is 4. The molecule has 1 aliphatic heterocycles. The van der Waals surface area contributed by atoms with Gasteiger partial charge in [-0.05, 0) is 79.8 Å². The molecule has 36 heavy (non-hydrogen) atoms. The van der Waals surface area contributed by atoms with E-state index in [1.165, 1.54) is 22.5 Å². The Bertz CT molecular complexity index is 1480. The highest BCUT2D eigenvalue weighted by Crippen LogP contribution is 2.35. The molecule has 1 heterocycles. The molecule has 4 aromatic carbocycles. The molecule has 5 rings (SSSR count). The van der Waals surface area contributed by atoms with Crippen molar-refractivity contribution in [3.05, 3.63) is 111 Å². The second-order valence-electron chi connectivity index (χ2n) is 8.28. The molecular formula is C29H22BrNO3S2. The Kier molecular flexibility index (Phi) is 7.41. The van der Waals surface area contributed by atoms with Crippen molar-refractivity contribution in [2.24, 2.45) is 0 Å².